The van der Waals surface area contributed by atoms with E-state index in [1.165, 1.54) is 5.57 Å². The highest BCUT2D eigenvalue weighted by atomic mass is 16.3. The van der Waals surface area contributed by atoms with Gasteiger partial charge in [0.05, 0.1) is 6.10 Å². The number of aliphatic hydroxyl groups excluding tert-OH is 1. The van der Waals surface area contributed by atoms with Crippen molar-refractivity contribution in [1.29, 1.82) is 0 Å². The van der Waals surface area contributed by atoms with Gasteiger partial charge >= 0.3 is 0 Å². The van der Waals surface area contributed by atoms with Gasteiger partial charge in [0.15, 0.2) is 0 Å². The normalized spacial score (nSPS) is 29.8. The molecule has 0 aliphatic heterocycles. The average Bonchev–Trinajstić information content (AvgIpc) is 1.83. The van der Waals surface area contributed by atoms with Crippen molar-refractivity contribution in [3.63, 3.8) is 0 Å². The van der Waals surface area contributed by atoms with Crippen LogP contribution in [0, 0.1) is 5.41 Å². The fraction of sp³-hybridized carbons (Fsp3) is 0.800. The highest BCUT2D eigenvalue weighted by Crippen LogP contribution is 2.34. The van der Waals surface area contributed by atoms with Crippen molar-refractivity contribution in [2.45, 2.75) is 46.1 Å². The monoisotopic (exact) mass is 154 g/mol. The van der Waals surface area contributed by atoms with Gasteiger partial charge in [-0.2, -0.15) is 0 Å². The van der Waals surface area contributed by atoms with Crippen LogP contribution in [0.15, 0.2) is 11.6 Å². The third-order valence-electron chi connectivity index (χ3n) is 2.31. The maximum atomic E-state index is 9.51. The molecule has 64 valence electrons. The molecule has 1 unspecified atom stereocenters. The van der Waals surface area contributed by atoms with Gasteiger partial charge in [0.2, 0.25) is 0 Å². The average molecular weight is 154 g/mol. The van der Waals surface area contributed by atoms with Gasteiger partial charge in [0, 0.05) is 0 Å². The Kier molecular flexibility index (Phi) is 2.38. The number of hydrogen-bond donors (Lipinski definition) is 1. The molecular formula is C10H18O. The molecule has 1 nitrogen and oxygen atoms in total. The largest absolute Gasteiger partial charge is 0.393 e. The first kappa shape index (κ1) is 8.79. The zero-order chi connectivity index (χ0) is 8.48. The summed E-state index contributed by atoms with van der Waals surface area (Å²) in [4.78, 5) is 0. The van der Waals surface area contributed by atoms with Gasteiger partial charge in [-0.15, -0.1) is 0 Å². The summed E-state index contributed by atoms with van der Waals surface area (Å²) in [5.41, 5.74) is 1.62. The second kappa shape index (κ2) is 2.98. The Hall–Kier alpha value is -0.300. The third kappa shape index (κ3) is 2.33. The highest BCUT2D eigenvalue weighted by molar-refractivity contribution is 5.13. The van der Waals surface area contributed by atoms with E-state index in [-0.39, 0.29) is 11.5 Å². The van der Waals surface area contributed by atoms with E-state index in [1.807, 2.05) is 0 Å². The molecule has 1 heteroatoms. The van der Waals surface area contributed by atoms with Crippen molar-refractivity contribution in [3.05, 3.63) is 11.6 Å². The molecule has 1 rings (SSSR count). The molecule has 0 bridgehead atoms. The van der Waals surface area contributed by atoms with E-state index in [2.05, 4.69) is 26.8 Å². The van der Waals surface area contributed by atoms with Crippen LogP contribution in [0.25, 0.3) is 0 Å². The van der Waals surface area contributed by atoms with Crippen LogP contribution in [0.4, 0.5) is 0 Å². The van der Waals surface area contributed by atoms with Crippen molar-refractivity contribution in [2.75, 3.05) is 0 Å². The summed E-state index contributed by atoms with van der Waals surface area (Å²) in [5.74, 6) is 0. The minimum absolute atomic E-state index is 0.107. The lowest BCUT2D eigenvalue weighted by Gasteiger charge is -2.30. The smallest absolute Gasteiger partial charge is 0.0585 e. The zero-order valence-electron chi connectivity index (χ0n) is 7.72. The lowest BCUT2D eigenvalue weighted by atomic mass is 9.78. The van der Waals surface area contributed by atoms with E-state index in [9.17, 15) is 5.11 Å². The van der Waals surface area contributed by atoms with Crippen LogP contribution in [-0.2, 0) is 0 Å². The molecule has 0 fully saturated rings. The van der Waals surface area contributed by atoms with Crippen molar-refractivity contribution in [3.8, 4) is 0 Å². The molecule has 0 spiro atoms. The van der Waals surface area contributed by atoms with Gasteiger partial charge in [-0.05, 0) is 24.7 Å². The lowest BCUT2D eigenvalue weighted by Crippen LogP contribution is -2.24. The molecular weight excluding hydrogens is 136 g/mol. The predicted molar refractivity (Wildman–Crippen MR) is 47.4 cm³/mol. The summed E-state index contributed by atoms with van der Waals surface area (Å²) >= 11 is 0. The number of rotatable bonds is 1. The standard InChI is InChI=1S/C10H18O/c1-4-8-5-9(11)7-10(2,3)6-8/h6,9,11H,4-5,7H2,1-3H3. The van der Waals surface area contributed by atoms with E-state index in [0.29, 0.717) is 0 Å². The number of allylic oxidation sites excluding steroid dienone is 1. The van der Waals surface area contributed by atoms with E-state index >= 15 is 0 Å². The first-order chi connectivity index (χ1) is 5.03. The SMILES string of the molecule is CCC1=CC(C)(C)CC(O)C1. The molecule has 0 aromatic carbocycles. The first-order valence-corrected chi connectivity index (χ1v) is 4.42. The van der Waals surface area contributed by atoms with Crippen LogP contribution in [0.5, 0.6) is 0 Å². The van der Waals surface area contributed by atoms with Crippen molar-refractivity contribution >= 4 is 0 Å². The third-order valence-corrected chi connectivity index (χ3v) is 2.31. The van der Waals surface area contributed by atoms with Crippen LogP contribution >= 0.6 is 0 Å². The summed E-state index contributed by atoms with van der Waals surface area (Å²) in [6.07, 6.45) is 5.10. The Bertz CT molecular complexity index is 168. The van der Waals surface area contributed by atoms with Gasteiger partial charge in [-0.1, -0.05) is 32.4 Å². The number of aliphatic hydroxyl groups is 1. The zero-order valence-corrected chi connectivity index (χ0v) is 7.72. The van der Waals surface area contributed by atoms with E-state index in [4.69, 9.17) is 0 Å². The minimum Gasteiger partial charge on any atom is -0.393 e. The molecule has 0 amide bonds. The van der Waals surface area contributed by atoms with Crippen LogP contribution < -0.4 is 0 Å². The summed E-state index contributed by atoms with van der Waals surface area (Å²) in [6, 6.07) is 0. The fourth-order valence-corrected chi connectivity index (χ4v) is 1.90. The van der Waals surface area contributed by atoms with Gasteiger partial charge in [0.25, 0.3) is 0 Å². The molecule has 1 aliphatic rings. The summed E-state index contributed by atoms with van der Waals surface area (Å²) in [7, 11) is 0. The maximum Gasteiger partial charge on any atom is 0.0585 e. The van der Waals surface area contributed by atoms with Gasteiger partial charge in [-0.25, -0.2) is 0 Å². The summed E-state index contributed by atoms with van der Waals surface area (Å²) in [5, 5.41) is 9.51. The van der Waals surface area contributed by atoms with Crippen LogP contribution in [-0.4, -0.2) is 11.2 Å². The molecule has 0 radical (unpaired) electrons. The summed E-state index contributed by atoms with van der Waals surface area (Å²) < 4.78 is 0. The van der Waals surface area contributed by atoms with Gasteiger partial charge in [-0.3, -0.25) is 0 Å². The lowest BCUT2D eigenvalue weighted by molar-refractivity contribution is 0.120. The predicted octanol–water partition coefficient (Wildman–Crippen LogP) is 2.50. The Balaban J connectivity index is 2.74. The summed E-state index contributed by atoms with van der Waals surface area (Å²) in [6.45, 7) is 6.52. The molecule has 11 heavy (non-hydrogen) atoms. The maximum absolute atomic E-state index is 9.51. The van der Waals surface area contributed by atoms with Crippen LogP contribution in [0.3, 0.4) is 0 Å². The van der Waals surface area contributed by atoms with Crippen molar-refractivity contribution < 1.29 is 5.11 Å². The Morgan fingerprint density at radius 3 is 2.73 bits per heavy atom. The minimum atomic E-state index is -0.107. The van der Waals surface area contributed by atoms with Gasteiger partial charge < -0.3 is 5.11 Å². The van der Waals surface area contributed by atoms with Crippen molar-refractivity contribution in [1.82, 2.24) is 0 Å². The molecule has 0 aromatic heterocycles. The van der Waals surface area contributed by atoms with Crippen molar-refractivity contribution in [2.24, 2.45) is 5.41 Å². The molecule has 1 N–H and O–H groups in total. The molecule has 0 aromatic rings. The molecule has 0 heterocycles. The molecule has 1 atom stereocenters. The molecule has 0 saturated heterocycles. The number of hydrogen-bond acceptors (Lipinski definition) is 1. The Morgan fingerprint density at radius 1 is 1.64 bits per heavy atom. The molecule has 0 saturated carbocycles. The van der Waals surface area contributed by atoms with Gasteiger partial charge in [0.1, 0.15) is 0 Å². The fourth-order valence-electron chi connectivity index (χ4n) is 1.90. The Labute approximate surface area is 69.1 Å². The van der Waals surface area contributed by atoms with Crippen LogP contribution in [0.2, 0.25) is 0 Å². The first-order valence-electron chi connectivity index (χ1n) is 4.42. The second-order valence-electron chi connectivity index (χ2n) is 4.21. The Morgan fingerprint density at radius 2 is 2.27 bits per heavy atom. The van der Waals surface area contributed by atoms with E-state index in [1.54, 1.807) is 0 Å². The van der Waals surface area contributed by atoms with E-state index in [0.717, 1.165) is 19.3 Å². The topological polar surface area (TPSA) is 20.2 Å². The van der Waals surface area contributed by atoms with Crippen LogP contribution in [0.1, 0.15) is 40.0 Å². The van der Waals surface area contributed by atoms with E-state index < -0.39 is 0 Å². The molecule has 1 aliphatic carbocycles. The highest BCUT2D eigenvalue weighted by Gasteiger charge is 2.25. The quantitative estimate of drug-likeness (QED) is 0.575. The second-order valence-corrected chi connectivity index (χ2v) is 4.21.